The summed E-state index contributed by atoms with van der Waals surface area (Å²) < 4.78 is 13.4. The lowest BCUT2D eigenvalue weighted by molar-refractivity contribution is 0.140. The van der Waals surface area contributed by atoms with Crippen molar-refractivity contribution in [1.29, 1.82) is 0 Å². The Labute approximate surface area is 154 Å². The fourth-order valence-corrected chi connectivity index (χ4v) is 3.52. The van der Waals surface area contributed by atoms with E-state index in [4.69, 9.17) is 9.47 Å². The van der Waals surface area contributed by atoms with Crippen molar-refractivity contribution in [2.45, 2.75) is 32.0 Å². The van der Waals surface area contributed by atoms with Gasteiger partial charge in [-0.2, -0.15) is 0 Å². The van der Waals surface area contributed by atoms with Gasteiger partial charge in [0.1, 0.15) is 0 Å². The molecule has 0 bridgehead atoms. The van der Waals surface area contributed by atoms with Crippen LogP contribution < -0.4 is 5.56 Å². The van der Waals surface area contributed by atoms with Crippen LogP contribution >= 0.6 is 27.7 Å². The van der Waals surface area contributed by atoms with E-state index in [0.29, 0.717) is 38.4 Å². The molecule has 1 heterocycles. The Morgan fingerprint density at radius 1 is 1.21 bits per heavy atom. The van der Waals surface area contributed by atoms with Crippen molar-refractivity contribution in [3.63, 3.8) is 0 Å². The van der Waals surface area contributed by atoms with E-state index in [-0.39, 0.29) is 5.56 Å². The molecule has 0 aliphatic rings. The molecule has 0 aliphatic carbocycles. The summed E-state index contributed by atoms with van der Waals surface area (Å²) in [6.45, 7) is 7.22. The molecule has 2 aromatic rings. The molecule has 1 aromatic heterocycles. The molecule has 0 fully saturated rings. The summed E-state index contributed by atoms with van der Waals surface area (Å²) >= 11 is 4.98. The van der Waals surface area contributed by atoms with Gasteiger partial charge in [0, 0.05) is 36.6 Å². The summed E-state index contributed by atoms with van der Waals surface area (Å²) in [6, 6.07) is 5.61. The average Bonchev–Trinajstić information content (AvgIpc) is 2.58. The zero-order valence-electron chi connectivity index (χ0n) is 14.1. The van der Waals surface area contributed by atoms with Crippen LogP contribution in [-0.2, 0) is 16.0 Å². The SMILES string of the molecule is CCOCCCn1c(SCCOCC)nc2ccc(Br)cc2c1=O. The van der Waals surface area contributed by atoms with Gasteiger partial charge in [0.2, 0.25) is 0 Å². The van der Waals surface area contributed by atoms with Gasteiger partial charge in [-0.25, -0.2) is 4.98 Å². The van der Waals surface area contributed by atoms with E-state index in [1.165, 1.54) is 0 Å². The lowest BCUT2D eigenvalue weighted by Gasteiger charge is -2.13. The normalized spacial score (nSPS) is 11.3. The molecule has 2 rings (SSSR count). The molecule has 5 nitrogen and oxygen atoms in total. The molecule has 0 spiro atoms. The molecule has 0 N–H and O–H groups in total. The number of hydrogen-bond acceptors (Lipinski definition) is 5. The maximum Gasteiger partial charge on any atom is 0.262 e. The van der Waals surface area contributed by atoms with Crippen LogP contribution in [-0.4, -0.2) is 41.7 Å². The molecule has 7 heteroatoms. The van der Waals surface area contributed by atoms with Crippen molar-refractivity contribution in [2.75, 3.05) is 32.2 Å². The second-order valence-corrected chi connectivity index (χ2v) is 7.09. The van der Waals surface area contributed by atoms with Crippen molar-refractivity contribution in [2.24, 2.45) is 0 Å². The summed E-state index contributed by atoms with van der Waals surface area (Å²) in [5.41, 5.74) is 0.722. The smallest absolute Gasteiger partial charge is 0.262 e. The van der Waals surface area contributed by atoms with Gasteiger partial charge in [-0.05, 0) is 38.5 Å². The highest BCUT2D eigenvalue weighted by Gasteiger charge is 2.12. The van der Waals surface area contributed by atoms with Gasteiger partial charge < -0.3 is 9.47 Å². The van der Waals surface area contributed by atoms with Crippen LogP contribution in [0.3, 0.4) is 0 Å². The van der Waals surface area contributed by atoms with Gasteiger partial charge in [-0.1, -0.05) is 27.7 Å². The molecular formula is C17H23BrN2O3S. The predicted octanol–water partition coefficient (Wildman–Crippen LogP) is 3.71. The molecule has 0 saturated heterocycles. The number of ether oxygens (including phenoxy) is 2. The predicted molar refractivity (Wildman–Crippen MR) is 102 cm³/mol. The quantitative estimate of drug-likeness (QED) is 0.336. The summed E-state index contributed by atoms with van der Waals surface area (Å²) in [5, 5.41) is 1.38. The minimum atomic E-state index is -0.00305. The van der Waals surface area contributed by atoms with Crippen LogP contribution in [0.4, 0.5) is 0 Å². The first-order chi connectivity index (χ1) is 11.7. The molecule has 0 amide bonds. The molecule has 0 unspecified atom stereocenters. The van der Waals surface area contributed by atoms with Crippen LogP contribution in [0.25, 0.3) is 10.9 Å². The van der Waals surface area contributed by atoms with Gasteiger partial charge in [-0.3, -0.25) is 9.36 Å². The second-order valence-electron chi connectivity index (χ2n) is 5.11. The van der Waals surface area contributed by atoms with Gasteiger partial charge in [0.15, 0.2) is 5.16 Å². The minimum Gasteiger partial charge on any atom is -0.382 e. The van der Waals surface area contributed by atoms with Crippen molar-refractivity contribution in [1.82, 2.24) is 9.55 Å². The molecule has 0 radical (unpaired) electrons. The van der Waals surface area contributed by atoms with Gasteiger partial charge in [-0.15, -0.1) is 0 Å². The highest BCUT2D eigenvalue weighted by Crippen LogP contribution is 2.20. The first-order valence-electron chi connectivity index (χ1n) is 8.15. The zero-order valence-corrected chi connectivity index (χ0v) is 16.5. The Morgan fingerprint density at radius 3 is 2.71 bits per heavy atom. The van der Waals surface area contributed by atoms with Gasteiger partial charge in [0.25, 0.3) is 5.56 Å². The Balaban J connectivity index is 2.29. The van der Waals surface area contributed by atoms with E-state index in [2.05, 4.69) is 20.9 Å². The van der Waals surface area contributed by atoms with Crippen LogP contribution in [0.2, 0.25) is 0 Å². The Morgan fingerprint density at radius 2 is 1.96 bits per heavy atom. The van der Waals surface area contributed by atoms with E-state index in [0.717, 1.165) is 27.3 Å². The van der Waals surface area contributed by atoms with Crippen LogP contribution in [0, 0.1) is 0 Å². The van der Waals surface area contributed by atoms with Crippen LogP contribution in [0.15, 0.2) is 32.6 Å². The van der Waals surface area contributed by atoms with Crippen molar-refractivity contribution >= 4 is 38.6 Å². The number of fused-ring (bicyclic) bond motifs is 1. The number of thioether (sulfide) groups is 1. The summed E-state index contributed by atoms with van der Waals surface area (Å²) in [4.78, 5) is 17.6. The fourth-order valence-electron chi connectivity index (χ4n) is 2.29. The van der Waals surface area contributed by atoms with E-state index >= 15 is 0 Å². The number of aromatic nitrogens is 2. The van der Waals surface area contributed by atoms with E-state index < -0.39 is 0 Å². The number of halogens is 1. The van der Waals surface area contributed by atoms with Crippen LogP contribution in [0.5, 0.6) is 0 Å². The first kappa shape index (κ1) is 19.4. The van der Waals surface area contributed by atoms with E-state index in [9.17, 15) is 4.79 Å². The van der Waals surface area contributed by atoms with Crippen molar-refractivity contribution < 1.29 is 9.47 Å². The highest BCUT2D eigenvalue weighted by molar-refractivity contribution is 9.10. The average molecular weight is 415 g/mol. The van der Waals surface area contributed by atoms with Gasteiger partial charge in [0.05, 0.1) is 17.5 Å². The molecule has 1 aromatic carbocycles. The third kappa shape index (κ3) is 5.31. The first-order valence-corrected chi connectivity index (χ1v) is 9.93. The Hall–Kier alpha value is -0.890. The molecule has 132 valence electrons. The topological polar surface area (TPSA) is 53.4 Å². The minimum absolute atomic E-state index is 0.00305. The number of hydrogen-bond donors (Lipinski definition) is 0. The van der Waals surface area contributed by atoms with E-state index in [1.54, 1.807) is 16.3 Å². The molecule has 0 atom stereocenters. The maximum absolute atomic E-state index is 12.9. The summed E-state index contributed by atoms with van der Waals surface area (Å²) in [7, 11) is 0. The highest BCUT2D eigenvalue weighted by atomic mass is 79.9. The summed E-state index contributed by atoms with van der Waals surface area (Å²) in [6.07, 6.45) is 0.786. The standard InChI is InChI=1S/C17H23BrN2O3S/c1-3-22-9-5-8-20-16(21)14-12-13(18)6-7-15(14)19-17(20)24-11-10-23-4-2/h6-7,12H,3-5,8-11H2,1-2H3. The number of rotatable bonds is 10. The molecule has 0 saturated carbocycles. The molecule has 24 heavy (non-hydrogen) atoms. The zero-order chi connectivity index (χ0) is 17.4. The second kappa shape index (κ2) is 10.2. The third-order valence-electron chi connectivity index (χ3n) is 3.42. The Bertz CT molecular complexity index is 721. The van der Waals surface area contributed by atoms with Gasteiger partial charge >= 0.3 is 0 Å². The van der Waals surface area contributed by atoms with Crippen molar-refractivity contribution in [3.05, 3.63) is 33.0 Å². The Kier molecular flexibility index (Phi) is 8.24. The lowest BCUT2D eigenvalue weighted by atomic mass is 10.2. The van der Waals surface area contributed by atoms with Crippen molar-refractivity contribution in [3.8, 4) is 0 Å². The molecular weight excluding hydrogens is 392 g/mol. The largest absolute Gasteiger partial charge is 0.382 e. The monoisotopic (exact) mass is 414 g/mol. The number of nitrogens with zero attached hydrogens (tertiary/aromatic N) is 2. The van der Waals surface area contributed by atoms with E-state index in [1.807, 2.05) is 32.0 Å². The molecule has 0 aliphatic heterocycles. The lowest BCUT2D eigenvalue weighted by Crippen LogP contribution is -2.24. The third-order valence-corrected chi connectivity index (χ3v) is 4.85. The summed E-state index contributed by atoms with van der Waals surface area (Å²) in [5.74, 6) is 0.772. The fraction of sp³-hybridized carbons (Fsp3) is 0.529. The number of benzene rings is 1. The maximum atomic E-state index is 12.9. The van der Waals surface area contributed by atoms with Crippen LogP contribution in [0.1, 0.15) is 20.3 Å².